The molecule has 5 aromatic rings. The maximum absolute atomic E-state index is 2.36. The van der Waals surface area contributed by atoms with Gasteiger partial charge in [0.15, 0.2) is 0 Å². The maximum atomic E-state index is 2.36. The number of rotatable bonds is 0. The minimum atomic E-state index is 0. The molecule has 0 fully saturated rings. The predicted molar refractivity (Wildman–Crippen MR) is 97.1 cm³/mol. The van der Waals surface area contributed by atoms with Crippen LogP contribution >= 0.6 is 0 Å². The zero-order valence-electron chi connectivity index (χ0n) is 15.6. The monoisotopic (exact) mass is 1350 g/mol. The van der Waals surface area contributed by atoms with Crippen LogP contribution in [0.25, 0.3) is 43.1 Å². The maximum Gasteiger partial charge on any atom is 0 e. The van der Waals surface area contributed by atoms with Gasteiger partial charge in [-0.15, -0.1) is 67.4 Å². The molecular weight excluding hydrogens is 1330 g/mol. The van der Waals surface area contributed by atoms with Gasteiger partial charge in [-0.2, -0.15) is 12.1 Å². The van der Waals surface area contributed by atoms with Crippen molar-refractivity contribution >= 4 is 43.1 Å². The summed E-state index contributed by atoms with van der Waals surface area (Å²) in [6, 6.07) is 22.8. The largest absolute Gasteiger partial charge is 0.153 e. The van der Waals surface area contributed by atoms with Crippen molar-refractivity contribution in [2.45, 2.75) is 13.8 Å². The Hall–Kier alpha value is -6.60. The summed E-state index contributed by atoms with van der Waals surface area (Å²) in [5, 5.41) is 10.9. The molecule has 0 aromatic heterocycles. The second kappa shape index (κ2) is 4.99. The Morgan fingerprint density at radius 1 is 0.462 bits per heavy atom. The summed E-state index contributed by atoms with van der Waals surface area (Å²) in [5.74, 6) is 0. The van der Waals surface area contributed by atoms with Crippen molar-refractivity contribution < 1.29 is 0 Å². The number of hydrogen-bond donors (Lipinski definition) is 0. The number of fused-ring (bicyclic) bond motifs is 6. The predicted octanol–water partition coefficient (Wildman–Crippen LogP) is 6.35. The fraction of sp³-hybridized carbons (Fsp3) is 0.0909. The third kappa shape index (κ3) is 1.77. The van der Waals surface area contributed by atoms with Gasteiger partial charge in [-0.05, 0) is 13.8 Å². The number of hydrogen-bond acceptors (Lipinski definition) is 0. The van der Waals surface area contributed by atoms with Gasteiger partial charge in [0.05, 0.1) is 0 Å². The van der Waals surface area contributed by atoms with Gasteiger partial charge < -0.3 is 0 Å². The standard InChI is InChI=1S/C22H16.4Rf/c1-13-3-5-19-15(7-13)9-17-11-22-18(12-21(17)19)10-16-8-14(2)4-6-20(16)22;;;;/h3-12H,1-2H3;;;;/q-2;;;;. The molecule has 0 N–H and O–H groups in total. The summed E-state index contributed by atoms with van der Waals surface area (Å²) in [7, 11) is 0. The van der Waals surface area contributed by atoms with Crippen molar-refractivity contribution in [3.8, 4) is 0 Å². The van der Waals surface area contributed by atoms with Crippen LogP contribution in [-0.2, 0) is 0 Å². The Balaban J connectivity index is 0.000000845. The van der Waals surface area contributed by atoms with E-state index >= 15 is 0 Å². The van der Waals surface area contributed by atoms with E-state index in [9.17, 15) is 0 Å². The molecule has 0 unspecified atom stereocenters. The number of aryl methyl sites for hydroxylation is 2. The first-order valence-corrected chi connectivity index (χ1v) is 7.79. The van der Waals surface area contributed by atoms with Gasteiger partial charge in [0, 0.05) is 0 Å². The van der Waals surface area contributed by atoms with Gasteiger partial charge >= 0.3 is 0 Å². The molecule has 0 radical (unpaired) electrons. The Morgan fingerprint density at radius 2 is 0.808 bits per heavy atom. The molecule has 0 aliphatic carbocycles. The minimum absolute atomic E-state index is 0. The van der Waals surface area contributed by atoms with Crippen LogP contribution in [-0.4, -0.2) is 0 Å². The molecule has 0 nitrogen and oxygen atoms in total. The average molecular weight is 1350 g/mol. The van der Waals surface area contributed by atoms with Gasteiger partial charge in [0.2, 0.25) is 0 Å². The topological polar surface area (TPSA) is 0 Å². The van der Waals surface area contributed by atoms with Crippen LogP contribution in [0.3, 0.4) is 0 Å². The molecule has 5 aromatic carbocycles. The van der Waals surface area contributed by atoms with Crippen LogP contribution in [0.5, 0.6) is 0 Å². The molecule has 0 aliphatic rings. The third-order valence-electron chi connectivity index (χ3n) is 4.84. The molecule has 0 saturated heterocycles. The first-order chi connectivity index (χ1) is 10.7. The quantitative estimate of drug-likeness (QED) is 0.159. The number of benzene rings is 3. The van der Waals surface area contributed by atoms with Gasteiger partial charge in [0.1, 0.15) is 0 Å². The zero-order valence-corrected chi connectivity index (χ0v) is 41.2. The van der Waals surface area contributed by atoms with Crippen molar-refractivity contribution in [1.29, 1.82) is 0 Å². The molecule has 114 valence electrons. The van der Waals surface area contributed by atoms with E-state index in [1.807, 2.05) is 0 Å². The van der Waals surface area contributed by atoms with Crippen LogP contribution in [0.15, 0.2) is 60.7 Å². The van der Waals surface area contributed by atoms with E-state index in [-0.39, 0.29) is 0 Å². The molecule has 0 bridgehead atoms. The van der Waals surface area contributed by atoms with Crippen molar-refractivity contribution in [2.24, 2.45) is 0 Å². The molecule has 0 aliphatic heterocycles. The summed E-state index contributed by atoms with van der Waals surface area (Å²) in [6.45, 7) is 4.31. The van der Waals surface area contributed by atoms with Crippen LogP contribution in [0.4, 0.5) is 0 Å². The van der Waals surface area contributed by atoms with E-state index in [1.165, 1.54) is 54.2 Å². The molecule has 5 rings (SSSR count). The van der Waals surface area contributed by atoms with Crippen molar-refractivity contribution in [3.63, 3.8) is 0 Å². The minimum Gasteiger partial charge on any atom is -0.153 e. The SMILES string of the molecule is Cc1ccc2c(c1)[cH-]c1cc3c(cc12)[cH-]c1cc(C)ccc13.[Rf].[Rf].[Rf].[Rf]. The summed E-state index contributed by atoms with van der Waals surface area (Å²) < 4.78 is 0. The molecule has 0 saturated carbocycles. The van der Waals surface area contributed by atoms with Crippen molar-refractivity contribution in [1.82, 2.24) is 0 Å². The normalized spacial score (nSPS) is 10.2. The van der Waals surface area contributed by atoms with E-state index in [0.29, 0.717) is 0 Å². The van der Waals surface area contributed by atoms with E-state index in [4.69, 9.17) is 0 Å². The zero-order chi connectivity index (χ0) is 14.8. The van der Waals surface area contributed by atoms with Gasteiger partial charge in [-0.1, -0.05) is 35.4 Å². The Morgan fingerprint density at radius 3 is 1.19 bits per heavy atom. The smallest absolute Gasteiger partial charge is 0 e. The molecule has 0 heterocycles. The van der Waals surface area contributed by atoms with E-state index < -0.39 is 0 Å². The van der Waals surface area contributed by atoms with E-state index in [1.54, 1.807) is 0 Å². The van der Waals surface area contributed by atoms with Crippen LogP contribution < -0.4 is 0 Å². The molecule has 4 heteroatoms. The molecule has 0 amide bonds. The third-order valence-corrected chi connectivity index (χ3v) is 4.84. The Bertz CT molecular complexity index is 1100. The summed E-state index contributed by atoms with van der Waals surface area (Å²) in [4.78, 5) is 0. The Labute approximate surface area is 129 Å². The van der Waals surface area contributed by atoms with Crippen molar-refractivity contribution in [2.75, 3.05) is 0 Å². The fourth-order valence-corrected chi connectivity index (χ4v) is 3.77. The van der Waals surface area contributed by atoms with Crippen molar-refractivity contribution in [3.05, 3.63) is 71.8 Å². The second-order valence-corrected chi connectivity index (χ2v) is 6.50. The summed E-state index contributed by atoms with van der Waals surface area (Å²) in [6.07, 6.45) is 0. The summed E-state index contributed by atoms with van der Waals surface area (Å²) >= 11 is 0. The van der Waals surface area contributed by atoms with Crippen LogP contribution in [0.1, 0.15) is 11.1 Å². The molecular formula is C22H16Rf4-2. The molecule has 0 spiro atoms. The molecule has 0 atom stereocenters. The van der Waals surface area contributed by atoms with Gasteiger partial charge in [-0.3, -0.25) is 0 Å². The van der Waals surface area contributed by atoms with E-state index in [0.717, 1.165) is 0 Å². The van der Waals surface area contributed by atoms with Gasteiger partial charge in [0.25, 0.3) is 0 Å². The fourth-order valence-electron chi connectivity index (χ4n) is 3.77. The Kier molecular flexibility index (Phi) is 3.35. The van der Waals surface area contributed by atoms with Crippen LogP contribution in [0, 0.1) is 13.8 Å². The molecule has 26 heavy (non-hydrogen) atoms. The van der Waals surface area contributed by atoms with Gasteiger partial charge in [-0.25, -0.2) is 0 Å². The van der Waals surface area contributed by atoms with Crippen LogP contribution in [0.2, 0.25) is 0 Å². The first kappa shape index (κ1) is 17.5. The van der Waals surface area contributed by atoms with E-state index in [2.05, 4.69) is 74.5 Å². The average Bonchev–Trinajstić information content (AvgIpc) is 3.00. The second-order valence-electron chi connectivity index (χ2n) is 6.50. The first-order valence-electron chi connectivity index (χ1n) is 7.79. The summed E-state index contributed by atoms with van der Waals surface area (Å²) in [5.41, 5.74) is 2.64.